The van der Waals surface area contributed by atoms with E-state index in [1.54, 1.807) is 12.4 Å². The van der Waals surface area contributed by atoms with Gasteiger partial charge >= 0.3 is 0 Å². The largest absolute Gasteiger partial charge is 0.382 e. The van der Waals surface area contributed by atoms with Crippen LogP contribution in [0.2, 0.25) is 0 Å². The molecule has 11 heavy (non-hydrogen) atoms. The number of aromatic nitrogens is 2. The van der Waals surface area contributed by atoms with Crippen molar-refractivity contribution in [3.05, 3.63) is 18.6 Å². The molecule has 0 saturated heterocycles. The number of anilines is 1. The van der Waals surface area contributed by atoms with Gasteiger partial charge in [0.05, 0.1) is 6.20 Å². The van der Waals surface area contributed by atoms with E-state index in [9.17, 15) is 0 Å². The molecule has 0 aliphatic rings. The zero-order valence-electron chi connectivity index (χ0n) is 7.28. The van der Waals surface area contributed by atoms with Crippen LogP contribution < -0.4 is 11.5 Å². The molecular formula is C7H16N4. The van der Waals surface area contributed by atoms with E-state index in [4.69, 9.17) is 5.73 Å². The summed E-state index contributed by atoms with van der Waals surface area (Å²) in [7, 11) is 1.50. The molecule has 4 nitrogen and oxygen atoms in total. The fourth-order valence-corrected chi connectivity index (χ4v) is 0.311. The van der Waals surface area contributed by atoms with Crippen molar-refractivity contribution in [3.8, 4) is 0 Å². The molecule has 0 bridgehead atoms. The molecule has 0 aliphatic heterocycles. The Morgan fingerprint density at radius 1 is 1.18 bits per heavy atom. The van der Waals surface area contributed by atoms with Gasteiger partial charge in [0.15, 0.2) is 0 Å². The SMILES string of the molecule is CC.CN.Nc1cnccn1. The van der Waals surface area contributed by atoms with E-state index in [0.29, 0.717) is 5.82 Å². The smallest absolute Gasteiger partial charge is 0.141 e. The Kier molecular flexibility index (Phi) is 13.2. The lowest BCUT2D eigenvalue weighted by atomic mass is 10.7. The first-order valence-corrected chi connectivity index (χ1v) is 3.49. The lowest BCUT2D eigenvalue weighted by molar-refractivity contribution is 1.21. The van der Waals surface area contributed by atoms with Crippen LogP contribution in [-0.4, -0.2) is 17.0 Å². The number of hydrogen-bond acceptors (Lipinski definition) is 4. The van der Waals surface area contributed by atoms with E-state index in [-0.39, 0.29) is 0 Å². The summed E-state index contributed by atoms with van der Waals surface area (Å²) >= 11 is 0. The van der Waals surface area contributed by atoms with Gasteiger partial charge in [-0.05, 0) is 7.05 Å². The predicted octanol–water partition coefficient (Wildman–Crippen LogP) is 0.660. The Hall–Kier alpha value is -1.16. The molecule has 0 unspecified atom stereocenters. The topological polar surface area (TPSA) is 77.8 Å². The molecule has 1 aromatic heterocycles. The first-order chi connectivity index (χ1) is 5.39. The minimum absolute atomic E-state index is 0.461. The normalized spacial score (nSPS) is 6.55. The first-order valence-electron chi connectivity index (χ1n) is 3.49. The molecule has 0 radical (unpaired) electrons. The van der Waals surface area contributed by atoms with Gasteiger partial charge in [0.25, 0.3) is 0 Å². The lowest BCUT2D eigenvalue weighted by Gasteiger charge is -1.82. The molecule has 4 N–H and O–H groups in total. The highest BCUT2D eigenvalue weighted by molar-refractivity contribution is 5.20. The van der Waals surface area contributed by atoms with Gasteiger partial charge in [0.2, 0.25) is 0 Å². The standard InChI is InChI=1S/C4H5N3.C2H6.CH5N/c5-4-3-6-1-2-7-4;2*1-2/h1-3H,(H2,5,7);1-2H3;2H2,1H3. The predicted molar refractivity (Wildman–Crippen MR) is 47.9 cm³/mol. The van der Waals surface area contributed by atoms with Crippen LogP contribution in [0.3, 0.4) is 0 Å². The minimum atomic E-state index is 0.461. The summed E-state index contributed by atoms with van der Waals surface area (Å²) in [6.07, 6.45) is 4.63. The second-order valence-electron chi connectivity index (χ2n) is 1.13. The Morgan fingerprint density at radius 2 is 1.73 bits per heavy atom. The fourth-order valence-electron chi connectivity index (χ4n) is 0.311. The molecule has 1 heterocycles. The van der Waals surface area contributed by atoms with Crippen LogP contribution >= 0.6 is 0 Å². The highest BCUT2D eigenvalue weighted by Gasteiger charge is 1.74. The average molecular weight is 156 g/mol. The number of nitrogens with zero attached hydrogens (tertiary/aromatic N) is 2. The number of nitrogens with two attached hydrogens (primary N) is 2. The van der Waals surface area contributed by atoms with Crippen molar-refractivity contribution >= 4 is 5.82 Å². The molecule has 0 aliphatic carbocycles. The van der Waals surface area contributed by atoms with Crippen LogP contribution in [0.5, 0.6) is 0 Å². The van der Waals surface area contributed by atoms with Crippen LogP contribution in [0.25, 0.3) is 0 Å². The van der Waals surface area contributed by atoms with Gasteiger partial charge in [-0.25, -0.2) is 4.98 Å². The van der Waals surface area contributed by atoms with Gasteiger partial charge in [0, 0.05) is 12.4 Å². The third-order valence-electron chi connectivity index (χ3n) is 0.583. The van der Waals surface area contributed by atoms with Crippen LogP contribution in [-0.2, 0) is 0 Å². The molecular weight excluding hydrogens is 140 g/mol. The zero-order chi connectivity index (χ0) is 9.11. The number of nitrogen functional groups attached to an aromatic ring is 1. The van der Waals surface area contributed by atoms with Gasteiger partial charge in [-0.3, -0.25) is 4.98 Å². The quantitative estimate of drug-likeness (QED) is 0.578. The zero-order valence-corrected chi connectivity index (χ0v) is 7.28. The molecule has 1 aromatic rings. The van der Waals surface area contributed by atoms with Gasteiger partial charge in [-0.1, -0.05) is 13.8 Å². The third kappa shape index (κ3) is 8.84. The van der Waals surface area contributed by atoms with Crippen molar-refractivity contribution in [1.29, 1.82) is 0 Å². The van der Waals surface area contributed by atoms with Crippen molar-refractivity contribution < 1.29 is 0 Å². The molecule has 1 rings (SSSR count). The second kappa shape index (κ2) is 11.6. The third-order valence-corrected chi connectivity index (χ3v) is 0.583. The van der Waals surface area contributed by atoms with E-state index in [1.807, 2.05) is 13.8 Å². The summed E-state index contributed by atoms with van der Waals surface area (Å²) in [5.74, 6) is 0.461. The Labute approximate surface area is 67.7 Å². The second-order valence-corrected chi connectivity index (χ2v) is 1.13. The van der Waals surface area contributed by atoms with Gasteiger partial charge in [0.1, 0.15) is 5.82 Å². The molecule has 0 spiro atoms. The van der Waals surface area contributed by atoms with Crippen molar-refractivity contribution in [2.24, 2.45) is 5.73 Å². The Bertz CT molecular complexity index is 140. The Balaban J connectivity index is 0. The number of hydrogen-bond donors (Lipinski definition) is 2. The summed E-state index contributed by atoms with van der Waals surface area (Å²) in [6.45, 7) is 4.00. The molecule has 0 saturated carbocycles. The van der Waals surface area contributed by atoms with Crippen molar-refractivity contribution in [2.75, 3.05) is 12.8 Å². The molecule has 0 atom stereocenters. The van der Waals surface area contributed by atoms with Gasteiger partial charge in [-0.15, -0.1) is 0 Å². The summed E-state index contributed by atoms with van der Waals surface area (Å²) in [5.41, 5.74) is 9.68. The fraction of sp³-hybridized carbons (Fsp3) is 0.429. The van der Waals surface area contributed by atoms with Gasteiger partial charge < -0.3 is 11.5 Å². The summed E-state index contributed by atoms with van der Waals surface area (Å²) < 4.78 is 0. The Morgan fingerprint density at radius 3 is 1.91 bits per heavy atom. The highest BCUT2D eigenvalue weighted by Crippen LogP contribution is 1.84. The summed E-state index contributed by atoms with van der Waals surface area (Å²) in [6, 6.07) is 0. The van der Waals surface area contributed by atoms with Crippen molar-refractivity contribution in [3.63, 3.8) is 0 Å². The van der Waals surface area contributed by atoms with E-state index >= 15 is 0 Å². The maximum Gasteiger partial charge on any atom is 0.141 e. The summed E-state index contributed by atoms with van der Waals surface area (Å²) in [4.78, 5) is 7.39. The number of rotatable bonds is 0. The average Bonchev–Trinajstić information content (AvgIpc) is 2.13. The van der Waals surface area contributed by atoms with Gasteiger partial charge in [-0.2, -0.15) is 0 Å². The van der Waals surface area contributed by atoms with E-state index in [2.05, 4.69) is 15.7 Å². The monoisotopic (exact) mass is 156 g/mol. The van der Waals surface area contributed by atoms with E-state index in [0.717, 1.165) is 0 Å². The maximum atomic E-state index is 5.18. The van der Waals surface area contributed by atoms with Crippen LogP contribution in [0.1, 0.15) is 13.8 Å². The summed E-state index contributed by atoms with van der Waals surface area (Å²) in [5, 5.41) is 0. The van der Waals surface area contributed by atoms with Crippen LogP contribution in [0, 0.1) is 0 Å². The molecule has 0 aromatic carbocycles. The molecule has 64 valence electrons. The van der Waals surface area contributed by atoms with Crippen LogP contribution in [0.15, 0.2) is 18.6 Å². The molecule has 0 amide bonds. The molecule has 4 heteroatoms. The van der Waals surface area contributed by atoms with Crippen molar-refractivity contribution in [2.45, 2.75) is 13.8 Å². The highest BCUT2D eigenvalue weighted by atomic mass is 14.9. The molecule has 0 fully saturated rings. The lowest BCUT2D eigenvalue weighted by Crippen LogP contribution is -1.87. The van der Waals surface area contributed by atoms with E-state index < -0.39 is 0 Å². The van der Waals surface area contributed by atoms with Crippen molar-refractivity contribution in [1.82, 2.24) is 9.97 Å². The van der Waals surface area contributed by atoms with E-state index in [1.165, 1.54) is 13.2 Å². The minimum Gasteiger partial charge on any atom is -0.382 e. The maximum absolute atomic E-state index is 5.18. The first kappa shape index (κ1) is 12.5. The van der Waals surface area contributed by atoms with Crippen LogP contribution in [0.4, 0.5) is 5.82 Å².